The van der Waals surface area contributed by atoms with Crippen molar-refractivity contribution in [1.29, 1.82) is 0 Å². The fourth-order valence-corrected chi connectivity index (χ4v) is 5.81. The molecule has 0 saturated carbocycles. The Balaban J connectivity index is 1.39. The number of ether oxygens (including phenoxy) is 1. The number of halogens is 1. The minimum atomic E-state index is -0.410. The molecule has 2 aliphatic heterocycles. The van der Waals surface area contributed by atoms with Crippen LogP contribution in [0.1, 0.15) is 67.8 Å². The van der Waals surface area contributed by atoms with Gasteiger partial charge >= 0.3 is 0 Å². The number of aromatic nitrogens is 2. The summed E-state index contributed by atoms with van der Waals surface area (Å²) in [5.74, 6) is 0.657. The number of piperidine rings is 1. The summed E-state index contributed by atoms with van der Waals surface area (Å²) in [6.45, 7) is 9.13. The molecule has 0 spiro atoms. The normalized spacial score (nSPS) is 18.1. The molecule has 37 heavy (non-hydrogen) atoms. The summed E-state index contributed by atoms with van der Waals surface area (Å²) in [6, 6.07) is 6.59. The molecule has 7 heteroatoms. The Kier molecular flexibility index (Phi) is 7.91. The van der Waals surface area contributed by atoms with Gasteiger partial charge < -0.3 is 19.1 Å². The van der Waals surface area contributed by atoms with Gasteiger partial charge in [-0.1, -0.05) is 0 Å². The number of rotatable bonds is 7. The van der Waals surface area contributed by atoms with Gasteiger partial charge in [-0.3, -0.25) is 9.78 Å². The van der Waals surface area contributed by atoms with Gasteiger partial charge in [-0.25, -0.2) is 4.39 Å². The van der Waals surface area contributed by atoms with Gasteiger partial charge in [-0.15, -0.1) is 0 Å². The second-order valence-electron chi connectivity index (χ2n) is 11.0. The van der Waals surface area contributed by atoms with E-state index in [1.807, 2.05) is 30.8 Å². The zero-order chi connectivity index (χ0) is 25.9. The smallest absolute Gasteiger partial charge is 0.256 e. The monoisotopic (exact) mass is 506 g/mol. The van der Waals surface area contributed by atoms with Crippen LogP contribution in [0.2, 0.25) is 0 Å². The molecule has 1 aromatic carbocycles. The second kappa shape index (κ2) is 11.3. The van der Waals surface area contributed by atoms with E-state index >= 15 is 0 Å². The van der Waals surface area contributed by atoms with Crippen molar-refractivity contribution in [2.45, 2.75) is 57.9 Å². The largest absolute Gasteiger partial charge is 0.381 e. The summed E-state index contributed by atoms with van der Waals surface area (Å²) in [5, 5.41) is 1.16. The number of carbonyl (C=O) groups excluding carboxylic acids is 1. The molecule has 2 fully saturated rings. The van der Waals surface area contributed by atoms with Gasteiger partial charge in [0, 0.05) is 44.1 Å². The molecule has 5 rings (SSSR count). The van der Waals surface area contributed by atoms with Crippen LogP contribution in [0.25, 0.3) is 16.6 Å². The molecule has 0 radical (unpaired) electrons. The van der Waals surface area contributed by atoms with Crippen molar-refractivity contribution in [2.24, 2.45) is 5.92 Å². The van der Waals surface area contributed by atoms with Crippen molar-refractivity contribution in [3.05, 3.63) is 59.8 Å². The third-order valence-electron chi connectivity index (χ3n) is 8.40. The van der Waals surface area contributed by atoms with Gasteiger partial charge in [0.2, 0.25) is 0 Å². The van der Waals surface area contributed by atoms with Crippen LogP contribution < -0.4 is 0 Å². The molecule has 1 amide bonds. The highest BCUT2D eigenvalue weighted by Crippen LogP contribution is 2.36. The number of pyridine rings is 1. The summed E-state index contributed by atoms with van der Waals surface area (Å²) < 4.78 is 21.9. The van der Waals surface area contributed by atoms with Crippen LogP contribution in [0, 0.1) is 11.7 Å². The number of amides is 1. The molecule has 0 aliphatic carbocycles. The van der Waals surface area contributed by atoms with Crippen LogP contribution in [0.15, 0.2) is 42.9 Å². The first-order valence-corrected chi connectivity index (χ1v) is 13.7. The van der Waals surface area contributed by atoms with Crippen molar-refractivity contribution in [3.8, 4) is 5.69 Å². The van der Waals surface area contributed by atoms with Crippen LogP contribution in [0.5, 0.6) is 0 Å². The molecule has 3 aromatic rings. The van der Waals surface area contributed by atoms with Crippen LogP contribution >= 0.6 is 0 Å². The van der Waals surface area contributed by atoms with Gasteiger partial charge in [0.15, 0.2) is 0 Å². The summed E-state index contributed by atoms with van der Waals surface area (Å²) in [7, 11) is 1.76. The van der Waals surface area contributed by atoms with E-state index < -0.39 is 5.82 Å². The highest BCUT2D eigenvalue weighted by molar-refractivity contribution is 5.99. The first-order valence-electron chi connectivity index (χ1n) is 13.7. The molecule has 0 unspecified atom stereocenters. The first-order chi connectivity index (χ1) is 17.9. The number of carbonyl (C=O) groups is 1. The molecule has 4 heterocycles. The molecule has 0 atom stereocenters. The van der Waals surface area contributed by atoms with E-state index in [4.69, 9.17) is 4.74 Å². The van der Waals surface area contributed by atoms with E-state index in [0.29, 0.717) is 17.2 Å². The van der Waals surface area contributed by atoms with Crippen molar-refractivity contribution in [2.75, 3.05) is 39.9 Å². The summed E-state index contributed by atoms with van der Waals surface area (Å²) in [6.07, 6.45) is 11.7. The maximum absolute atomic E-state index is 14.3. The molecular formula is C30H39FN4O2. The van der Waals surface area contributed by atoms with E-state index in [2.05, 4.69) is 22.1 Å². The van der Waals surface area contributed by atoms with E-state index in [9.17, 15) is 9.18 Å². The van der Waals surface area contributed by atoms with Crippen LogP contribution in [-0.4, -0.2) is 71.2 Å². The third-order valence-corrected chi connectivity index (χ3v) is 8.40. The molecule has 2 aliphatic rings. The second-order valence-corrected chi connectivity index (χ2v) is 11.0. The zero-order valence-corrected chi connectivity index (χ0v) is 22.3. The van der Waals surface area contributed by atoms with Crippen molar-refractivity contribution >= 4 is 16.8 Å². The molecule has 2 aromatic heterocycles. The topological polar surface area (TPSA) is 50.6 Å². The maximum atomic E-state index is 14.3. The van der Waals surface area contributed by atoms with E-state index in [0.717, 1.165) is 56.0 Å². The van der Waals surface area contributed by atoms with Gasteiger partial charge in [-0.05, 0) is 107 Å². The maximum Gasteiger partial charge on any atom is 0.256 e. The number of nitrogens with zero attached hydrogens (tertiary/aromatic N) is 4. The standard InChI is InChI=1S/C30H39FN4O2/c1-21(2)33(3)30(36)26-18-24(31)4-5-28(26)35-20-27(25-6-12-32-19-29(25)35)23-8-14-34(15-9-23)13-7-22-10-16-37-17-11-22/h4-6,12,18-23H,7-11,13-17H2,1-3H3. The van der Waals surface area contributed by atoms with Gasteiger partial charge in [0.1, 0.15) is 5.82 Å². The minimum absolute atomic E-state index is 0.0129. The lowest BCUT2D eigenvalue weighted by Crippen LogP contribution is -2.35. The zero-order valence-electron chi connectivity index (χ0n) is 22.3. The van der Waals surface area contributed by atoms with Crippen LogP contribution in [0.3, 0.4) is 0 Å². The predicted molar refractivity (Wildman–Crippen MR) is 145 cm³/mol. The number of hydrogen-bond acceptors (Lipinski definition) is 4. The minimum Gasteiger partial charge on any atom is -0.381 e. The molecule has 0 bridgehead atoms. The Bertz CT molecular complexity index is 1230. The Hall–Kier alpha value is -2.77. The van der Waals surface area contributed by atoms with Crippen molar-refractivity contribution in [1.82, 2.24) is 19.4 Å². The lowest BCUT2D eigenvalue weighted by Gasteiger charge is -2.33. The molecule has 6 nitrogen and oxygen atoms in total. The number of hydrogen-bond donors (Lipinski definition) is 0. The fourth-order valence-electron chi connectivity index (χ4n) is 5.81. The lowest BCUT2D eigenvalue weighted by molar-refractivity contribution is 0.0589. The van der Waals surface area contributed by atoms with Gasteiger partial charge in [-0.2, -0.15) is 0 Å². The SMILES string of the molecule is CC(C)N(C)C(=O)c1cc(F)ccc1-n1cc(C2CCN(CCC3CCOCC3)CC2)c2ccncc21. The van der Waals surface area contributed by atoms with Gasteiger partial charge in [0.05, 0.1) is 23.0 Å². The number of fused-ring (bicyclic) bond motifs is 1. The summed E-state index contributed by atoms with van der Waals surface area (Å²) >= 11 is 0. The Labute approximate surface area is 219 Å². The predicted octanol–water partition coefficient (Wildman–Crippen LogP) is 5.64. The quantitative estimate of drug-likeness (QED) is 0.416. The molecule has 0 N–H and O–H groups in total. The summed E-state index contributed by atoms with van der Waals surface area (Å²) in [4.78, 5) is 22.0. The Morgan fingerprint density at radius 1 is 1.16 bits per heavy atom. The van der Waals surface area contributed by atoms with Gasteiger partial charge in [0.25, 0.3) is 5.91 Å². The summed E-state index contributed by atoms with van der Waals surface area (Å²) in [5.41, 5.74) is 3.30. The first kappa shape index (κ1) is 25.9. The fraction of sp³-hybridized carbons (Fsp3) is 0.533. The van der Waals surface area contributed by atoms with Crippen molar-refractivity contribution < 1.29 is 13.9 Å². The van der Waals surface area contributed by atoms with E-state index in [-0.39, 0.29) is 11.9 Å². The Morgan fingerprint density at radius 2 is 1.92 bits per heavy atom. The average molecular weight is 507 g/mol. The lowest BCUT2D eigenvalue weighted by atomic mass is 9.89. The third kappa shape index (κ3) is 5.58. The number of benzene rings is 1. The van der Waals surface area contributed by atoms with E-state index in [1.54, 1.807) is 18.0 Å². The van der Waals surface area contributed by atoms with Crippen LogP contribution in [-0.2, 0) is 4.74 Å². The highest BCUT2D eigenvalue weighted by Gasteiger charge is 2.26. The molecule has 198 valence electrons. The molecular weight excluding hydrogens is 467 g/mol. The average Bonchev–Trinajstić information content (AvgIpc) is 3.31. The van der Waals surface area contributed by atoms with Crippen molar-refractivity contribution in [3.63, 3.8) is 0 Å². The number of likely N-dealkylation sites (tertiary alicyclic amines) is 1. The highest BCUT2D eigenvalue weighted by atomic mass is 19.1. The Morgan fingerprint density at radius 3 is 2.65 bits per heavy atom. The van der Waals surface area contributed by atoms with Crippen LogP contribution in [0.4, 0.5) is 4.39 Å². The molecule has 2 saturated heterocycles. The van der Waals surface area contributed by atoms with E-state index in [1.165, 1.54) is 43.5 Å².